The maximum Gasteiger partial charge on any atom is 0.310 e. The molecular weight excluding hydrogens is 334 g/mol. The van der Waals surface area contributed by atoms with Crippen LogP contribution in [-0.2, 0) is 20.7 Å². The molecule has 1 unspecified atom stereocenters. The minimum Gasteiger partial charge on any atom is -0.493 e. The van der Waals surface area contributed by atoms with E-state index in [2.05, 4.69) is 0 Å². The third-order valence-electron chi connectivity index (χ3n) is 4.98. The van der Waals surface area contributed by atoms with Crippen molar-refractivity contribution < 1.29 is 23.8 Å². The Morgan fingerprint density at radius 3 is 2.38 bits per heavy atom. The Balaban J connectivity index is 2.05. The van der Waals surface area contributed by atoms with Crippen LogP contribution in [0.25, 0.3) is 0 Å². The summed E-state index contributed by atoms with van der Waals surface area (Å²) in [6.45, 7) is 2.74. The lowest BCUT2D eigenvalue weighted by Gasteiger charge is -2.33. The molecule has 1 aliphatic rings. The zero-order valence-electron chi connectivity index (χ0n) is 16.1. The van der Waals surface area contributed by atoms with Crippen molar-refractivity contribution in [2.24, 2.45) is 11.8 Å². The van der Waals surface area contributed by atoms with Gasteiger partial charge in [-0.25, -0.2) is 0 Å². The smallest absolute Gasteiger partial charge is 0.310 e. The molecule has 144 valence electrons. The summed E-state index contributed by atoms with van der Waals surface area (Å²) in [5.41, 5.74) is 1.06. The minimum absolute atomic E-state index is 0.102. The van der Waals surface area contributed by atoms with E-state index in [1.54, 1.807) is 21.1 Å². The minimum atomic E-state index is -0.338. The van der Waals surface area contributed by atoms with Crippen LogP contribution in [0.5, 0.6) is 11.5 Å². The first-order valence-electron chi connectivity index (χ1n) is 9.07. The van der Waals surface area contributed by atoms with Crippen molar-refractivity contribution in [2.75, 3.05) is 34.4 Å². The molecule has 0 radical (unpaired) electrons. The van der Waals surface area contributed by atoms with Crippen LogP contribution in [0.3, 0.4) is 0 Å². The average molecular weight is 363 g/mol. The third-order valence-corrected chi connectivity index (χ3v) is 4.98. The second-order valence-corrected chi connectivity index (χ2v) is 6.78. The van der Waals surface area contributed by atoms with Gasteiger partial charge < -0.3 is 19.1 Å². The van der Waals surface area contributed by atoms with Crippen molar-refractivity contribution in [3.05, 3.63) is 23.8 Å². The molecule has 0 aliphatic heterocycles. The molecular formula is C20H29NO5. The topological polar surface area (TPSA) is 65.1 Å². The molecule has 0 N–H and O–H groups in total. The molecule has 1 aromatic rings. The van der Waals surface area contributed by atoms with Crippen LogP contribution < -0.4 is 9.47 Å². The molecule has 0 aromatic heterocycles. The van der Waals surface area contributed by atoms with Crippen LogP contribution in [-0.4, -0.2) is 51.2 Å². The largest absolute Gasteiger partial charge is 0.493 e. The lowest BCUT2D eigenvalue weighted by Crippen LogP contribution is -2.43. The van der Waals surface area contributed by atoms with E-state index in [9.17, 15) is 9.59 Å². The molecule has 6 heteroatoms. The summed E-state index contributed by atoms with van der Waals surface area (Å²) in [4.78, 5) is 26.3. The van der Waals surface area contributed by atoms with Crippen LogP contribution >= 0.6 is 0 Å². The number of methoxy groups -OCH3 is 3. The summed E-state index contributed by atoms with van der Waals surface area (Å²) in [5.74, 6) is 0.970. The number of benzene rings is 1. The molecule has 1 fully saturated rings. The first kappa shape index (κ1) is 20.1. The Hall–Kier alpha value is -2.24. The highest BCUT2D eigenvalue weighted by atomic mass is 16.5. The first-order valence-corrected chi connectivity index (χ1v) is 9.07. The third kappa shape index (κ3) is 4.90. The summed E-state index contributed by atoms with van der Waals surface area (Å²) >= 11 is 0. The zero-order chi connectivity index (χ0) is 19.1. The number of esters is 1. The van der Waals surface area contributed by atoms with Gasteiger partial charge in [0.15, 0.2) is 11.5 Å². The van der Waals surface area contributed by atoms with E-state index in [-0.39, 0.29) is 23.7 Å². The molecule has 0 spiro atoms. The first-order chi connectivity index (χ1) is 12.5. The van der Waals surface area contributed by atoms with Gasteiger partial charge in [-0.3, -0.25) is 9.59 Å². The van der Waals surface area contributed by atoms with Gasteiger partial charge in [0.25, 0.3) is 0 Å². The lowest BCUT2D eigenvalue weighted by molar-refractivity contribution is -0.147. The molecule has 0 heterocycles. The van der Waals surface area contributed by atoms with Crippen molar-refractivity contribution in [1.29, 1.82) is 0 Å². The van der Waals surface area contributed by atoms with Gasteiger partial charge in [0.1, 0.15) is 0 Å². The van der Waals surface area contributed by atoms with Gasteiger partial charge in [0.05, 0.1) is 27.2 Å². The van der Waals surface area contributed by atoms with E-state index >= 15 is 0 Å². The maximum absolute atomic E-state index is 12.7. The quantitative estimate of drug-likeness (QED) is 0.631. The maximum atomic E-state index is 12.7. The molecule has 1 saturated carbocycles. The van der Waals surface area contributed by atoms with Crippen molar-refractivity contribution in [2.45, 2.75) is 32.6 Å². The number of ether oxygens (including phenoxy) is 3. The Morgan fingerprint density at radius 2 is 1.85 bits per heavy atom. The Kier molecular flexibility index (Phi) is 7.30. The standard InChI is InChI=1S/C20H29NO5/c1-14(20(23)26-4)13-21(19(22)16-6-5-7-16)11-10-15-8-9-17(24-2)18(12-15)25-3/h8-9,12,14,16H,5-7,10-11,13H2,1-4H3. The number of rotatable bonds is 9. The van der Waals surface area contributed by atoms with Gasteiger partial charge in [-0.1, -0.05) is 19.4 Å². The molecule has 1 amide bonds. The highest BCUT2D eigenvalue weighted by molar-refractivity contribution is 5.80. The Morgan fingerprint density at radius 1 is 1.15 bits per heavy atom. The van der Waals surface area contributed by atoms with Crippen LogP contribution in [0.4, 0.5) is 0 Å². The van der Waals surface area contributed by atoms with Crippen molar-refractivity contribution >= 4 is 11.9 Å². The van der Waals surface area contributed by atoms with Crippen molar-refractivity contribution in [3.8, 4) is 11.5 Å². The zero-order valence-corrected chi connectivity index (χ0v) is 16.1. The number of carbonyl (C=O) groups is 2. The predicted octanol–water partition coefficient (Wildman–Crippen LogP) is 2.68. The Bertz CT molecular complexity index is 627. The fraction of sp³-hybridized carbons (Fsp3) is 0.600. The summed E-state index contributed by atoms with van der Waals surface area (Å²) in [7, 11) is 4.58. The van der Waals surface area contributed by atoms with Gasteiger partial charge in [-0.15, -0.1) is 0 Å². The molecule has 0 saturated heterocycles. The average Bonchev–Trinajstić information content (AvgIpc) is 2.62. The fourth-order valence-electron chi connectivity index (χ4n) is 3.11. The highest BCUT2D eigenvalue weighted by Gasteiger charge is 2.31. The summed E-state index contributed by atoms with van der Waals surface area (Å²) < 4.78 is 15.4. The van der Waals surface area contributed by atoms with Crippen molar-refractivity contribution in [1.82, 2.24) is 4.90 Å². The SMILES string of the molecule is COC(=O)C(C)CN(CCc1ccc(OC)c(OC)c1)C(=O)C1CCC1. The summed E-state index contributed by atoms with van der Waals surface area (Å²) in [6, 6.07) is 5.76. The number of amides is 1. The number of carbonyl (C=O) groups excluding carboxylic acids is 2. The van der Waals surface area contributed by atoms with Gasteiger partial charge in [0.2, 0.25) is 5.91 Å². The summed E-state index contributed by atoms with van der Waals surface area (Å²) in [6.07, 6.45) is 3.68. The van der Waals surface area contributed by atoms with Crippen LogP contribution in [0.15, 0.2) is 18.2 Å². The normalized spacial score (nSPS) is 14.9. The molecule has 0 bridgehead atoms. The molecule has 1 aromatic carbocycles. The van der Waals surface area contributed by atoms with Crippen LogP contribution in [0.2, 0.25) is 0 Å². The highest BCUT2D eigenvalue weighted by Crippen LogP contribution is 2.30. The fourth-order valence-corrected chi connectivity index (χ4v) is 3.11. The van der Waals surface area contributed by atoms with E-state index in [1.807, 2.05) is 23.1 Å². The van der Waals surface area contributed by atoms with E-state index in [0.29, 0.717) is 31.0 Å². The second kappa shape index (κ2) is 9.46. The predicted molar refractivity (Wildman–Crippen MR) is 98.4 cm³/mol. The van der Waals surface area contributed by atoms with Gasteiger partial charge >= 0.3 is 5.97 Å². The number of nitrogens with zero attached hydrogens (tertiary/aromatic N) is 1. The van der Waals surface area contributed by atoms with Gasteiger partial charge in [0, 0.05) is 19.0 Å². The summed E-state index contributed by atoms with van der Waals surface area (Å²) in [5, 5.41) is 0. The van der Waals surface area contributed by atoms with E-state index in [4.69, 9.17) is 14.2 Å². The van der Waals surface area contributed by atoms with Gasteiger partial charge in [-0.05, 0) is 37.0 Å². The van der Waals surface area contributed by atoms with E-state index < -0.39 is 0 Å². The molecule has 26 heavy (non-hydrogen) atoms. The number of hydrogen-bond donors (Lipinski definition) is 0. The molecule has 1 atom stereocenters. The molecule has 6 nitrogen and oxygen atoms in total. The van der Waals surface area contributed by atoms with Crippen LogP contribution in [0, 0.1) is 11.8 Å². The molecule has 2 rings (SSSR count). The van der Waals surface area contributed by atoms with Gasteiger partial charge in [-0.2, -0.15) is 0 Å². The lowest BCUT2D eigenvalue weighted by atomic mass is 9.84. The monoisotopic (exact) mass is 363 g/mol. The van der Waals surface area contributed by atoms with E-state index in [0.717, 1.165) is 24.8 Å². The van der Waals surface area contributed by atoms with E-state index in [1.165, 1.54) is 7.11 Å². The second-order valence-electron chi connectivity index (χ2n) is 6.78. The molecule has 1 aliphatic carbocycles. The van der Waals surface area contributed by atoms with Crippen molar-refractivity contribution in [3.63, 3.8) is 0 Å². The van der Waals surface area contributed by atoms with Crippen LogP contribution in [0.1, 0.15) is 31.7 Å². The number of hydrogen-bond acceptors (Lipinski definition) is 5. The Labute approximate surface area is 155 Å².